The zero-order valence-corrected chi connectivity index (χ0v) is 28.8. The fourth-order valence-electron chi connectivity index (χ4n) is 7.39. The molecular formula is C40H51N3O7. The minimum Gasteiger partial charge on any atom is -0.492 e. The smallest absolute Gasteiger partial charge is 0.407 e. The normalized spacial score (nSPS) is 20.5. The molecule has 1 heterocycles. The minimum atomic E-state index is -0.994. The molecule has 10 heteroatoms. The molecule has 1 saturated heterocycles. The molecule has 2 fully saturated rings. The number of fused-ring (bicyclic) bond motifs is 1. The van der Waals surface area contributed by atoms with E-state index in [2.05, 4.69) is 10.2 Å². The zero-order valence-electron chi connectivity index (χ0n) is 28.8. The van der Waals surface area contributed by atoms with Crippen LogP contribution in [0, 0.1) is 0 Å². The van der Waals surface area contributed by atoms with Crippen LogP contribution in [0.15, 0.2) is 78.9 Å². The Labute approximate surface area is 295 Å². The average Bonchev–Trinajstić information content (AvgIpc) is 3.77. The Morgan fingerprint density at radius 1 is 0.940 bits per heavy atom. The number of alkyl carbamates (subject to hydrolysis) is 1. The molecule has 50 heavy (non-hydrogen) atoms. The SMILES string of the molecule is O=C(N[C@@H](Cc1ccccc1)[C@@H](O)CCC(=O)N(Cc1ccc(OCCN2CCOCC2)cc1)[C@H]1c2ccccc2C[C@H]1O)OC1CCCC1. The number of hydrogen-bond acceptors (Lipinski definition) is 8. The summed E-state index contributed by atoms with van der Waals surface area (Å²) in [7, 11) is 0. The molecule has 0 aromatic heterocycles. The molecule has 268 valence electrons. The minimum absolute atomic E-state index is 0.0416. The largest absolute Gasteiger partial charge is 0.492 e. The Bertz CT molecular complexity index is 1510. The molecule has 1 aliphatic heterocycles. The van der Waals surface area contributed by atoms with Crippen LogP contribution in [0.2, 0.25) is 0 Å². The monoisotopic (exact) mass is 685 g/mol. The van der Waals surface area contributed by atoms with Crippen LogP contribution in [-0.2, 0) is 33.7 Å². The molecule has 3 aromatic rings. The van der Waals surface area contributed by atoms with Gasteiger partial charge in [-0.15, -0.1) is 0 Å². The summed E-state index contributed by atoms with van der Waals surface area (Å²) in [5.74, 6) is 0.584. The van der Waals surface area contributed by atoms with Crippen LogP contribution < -0.4 is 10.1 Å². The van der Waals surface area contributed by atoms with Crippen molar-refractivity contribution in [1.29, 1.82) is 0 Å². The van der Waals surface area contributed by atoms with Crippen LogP contribution >= 0.6 is 0 Å². The summed E-state index contributed by atoms with van der Waals surface area (Å²) in [5.41, 5.74) is 3.84. The fraction of sp³-hybridized carbons (Fsp3) is 0.500. The predicted molar refractivity (Wildman–Crippen MR) is 190 cm³/mol. The topological polar surface area (TPSA) is 121 Å². The number of nitrogens with zero attached hydrogens (tertiary/aromatic N) is 2. The third-order valence-corrected chi connectivity index (χ3v) is 10.2. The second kappa shape index (κ2) is 17.8. The summed E-state index contributed by atoms with van der Waals surface area (Å²) in [6.07, 6.45) is 2.45. The van der Waals surface area contributed by atoms with Crippen LogP contribution in [0.4, 0.5) is 4.79 Å². The first-order chi connectivity index (χ1) is 24.4. The molecule has 3 aliphatic rings. The third-order valence-electron chi connectivity index (χ3n) is 10.2. The maximum Gasteiger partial charge on any atom is 0.407 e. The van der Waals surface area contributed by atoms with E-state index in [1.54, 1.807) is 4.90 Å². The lowest BCUT2D eigenvalue weighted by Gasteiger charge is -2.33. The van der Waals surface area contributed by atoms with Gasteiger partial charge in [0.05, 0.1) is 37.5 Å². The Morgan fingerprint density at radius 3 is 2.42 bits per heavy atom. The lowest BCUT2D eigenvalue weighted by Crippen LogP contribution is -2.46. The summed E-state index contributed by atoms with van der Waals surface area (Å²) in [6.45, 7) is 5.04. The average molecular weight is 686 g/mol. The highest BCUT2D eigenvalue weighted by atomic mass is 16.6. The number of ether oxygens (including phenoxy) is 3. The van der Waals surface area contributed by atoms with Crippen molar-refractivity contribution in [2.45, 2.75) is 88.3 Å². The van der Waals surface area contributed by atoms with Crippen molar-refractivity contribution in [3.8, 4) is 5.75 Å². The van der Waals surface area contributed by atoms with Crippen molar-refractivity contribution in [2.75, 3.05) is 39.5 Å². The summed E-state index contributed by atoms with van der Waals surface area (Å²) in [4.78, 5) is 31.1. The third kappa shape index (κ3) is 9.84. The quantitative estimate of drug-likeness (QED) is 0.209. The Hall–Kier alpha value is -3.96. The first kappa shape index (κ1) is 35.9. The molecule has 10 nitrogen and oxygen atoms in total. The van der Waals surface area contributed by atoms with Gasteiger partial charge in [-0.25, -0.2) is 4.79 Å². The first-order valence-electron chi connectivity index (χ1n) is 18.2. The number of aliphatic hydroxyl groups excluding tert-OH is 2. The number of aliphatic hydroxyl groups is 2. The van der Waals surface area contributed by atoms with E-state index in [-0.39, 0.29) is 24.9 Å². The van der Waals surface area contributed by atoms with E-state index in [9.17, 15) is 19.8 Å². The molecule has 2 aliphatic carbocycles. The highest BCUT2D eigenvalue weighted by Crippen LogP contribution is 2.37. The Kier molecular flexibility index (Phi) is 12.8. The van der Waals surface area contributed by atoms with Gasteiger partial charge in [-0.3, -0.25) is 9.69 Å². The van der Waals surface area contributed by atoms with E-state index >= 15 is 0 Å². The van der Waals surface area contributed by atoms with Gasteiger partial charge in [0.25, 0.3) is 0 Å². The highest BCUT2D eigenvalue weighted by molar-refractivity contribution is 5.77. The molecule has 1 saturated carbocycles. The van der Waals surface area contributed by atoms with Crippen LogP contribution in [0.5, 0.6) is 5.75 Å². The molecule has 0 spiro atoms. The van der Waals surface area contributed by atoms with Gasteiger partial charge in [0.15, 0.2) is 0 Å². The van der Waals surface area contributed by atoms with Gasteiger partial charge in [0.1, 0.15) is 18.5 Å². The van der Waals surface area contributed by atoms with Gasteiger partial charge < -0.3 is 34.6 Å². The molecule has 0 bridgehead atoms. The number of rotatable bonds is 15. The van der Waals surface area contributed by atoms with Gasteiger partial charge >= 0.3 is 6.09 Å². The van der Waals surface area contributed by atoms with Gasteiger partial charge in [-0.2, -0.15) is 0 Å². The first-order valence-corrected chi connectivity index (χ1v) is 18.2. The molecule has 2 amide bonds. The van der Waals surface area contributed by atoms with Crippen molar-refractivity contribution in [2.24, 2.45) is 0 Å². The lowest BCUT2D eigenvalue weighted by atomic mass is 9.97. The van der Waals surface area contributed by atoms with Gasteiger partial charge in [0.2, 0.25) is 5.91 Å². The fourth-order valence-corrected chi connectivity index (χ4v) is 7.39. The second-order valence-electron chi connectivity index (χ2n) is 13.7. The Balaban J connectivity index is 1.12. The van der Waals surface area contributed by atoms with E-state index in [1.807, 2.05) is 78.9 Å². The second-order valence-corrected chi connectivity index (χ2v) is 13.7. The molecule has 3 aromatic carbocycles. The van der Waals surface area contributed by atoms with E-state index in [0.29, 0.717) is 26.0 Å². The lowest BCUT2D eigenvalue weighted by molar-refractivity contribution is -0.137. The number of carbonyl (C=O) groups excluding carboxylic acids is 2. The number of benzene rings is 3. The summed E-state index contributed by atoms with van der Waals surface area (Å²) in [6, 6.07) is 24.2. The van der Waals surface area contributed by atoms with Crippen LogP contribution in [0.1, 0.15) is 66.8 Å². The number of amides is 2. The molecular weight excluding hydrogens is 634 g/mol. The van der Waals surface area contributed by atoms with Crippen LogP contribution in [-0.4, -0.2) is 95.8 Å². The Morgan fingerprint density at radius 2 is 1.66 bits per heavy atom. The number of hydrogen-bond donors (Lipinski definition) is 3. The van der Waals surface area contributed by atoms with Crippen molar-refractivity contribution < 1.29 is 34.0 Å². The van der Waals surface area contributed by atoms with Crippen molar-refractivity contribution in [1.82, 2.24) is 15.1 Å². The van der Waals surface area contributed by atoms with Crippen LogP contribution in [0.3, 0.4) is 0 Å². The maximum atomic E-state index is 14.1. The highest BCUT2D eigenvalue weighted by Gasteiger charge is 2.38. The number of nitrogens with one attached hydrogen (secondary N) is 1. The van der Waals surface area contributed by atoms with Crippen molar-refractivity contribution >= 4 is 12.0 Å². The summed E-state index contributed by atoms with van der Waals surface area (Å²) < 4.78 is 17.1. The van der Waals surface area contributed by atoms with E-state index in [4.69, 9.17) is 14.2 Å². The molecule has 4 atom stereocenters. The number of morpholine rings is 1. The standard InChI is InChI=1S/C40H51N3O7/c44-36(35(26-29-8-2-1-3-9-29)41-40(47)50-33-11-5-6-12-33)18-19-38(46)43(39-34-13-7-4-10-31(34)27-37(39)45)28-30-14-16-32(17-15-30)49-25-22-42-20-23-48-24-21-42/h1-4,7-10,13-17,33,35-37,39,44-45H,5-6,11-12,18-28H2,(H,41,47)/t35-,36-,37+,39-/m0/s1. The van der Waals surface area contributed by atoms with Gasteiger partial charge in [-0.1, -0.05) is 66.7 Å². The van der Waals surface area contributed by atoms with Crippen molar-refractivity contribution in [3.05, 3.63) is 101 Å². The van der Waals surface area contributed by atoms with Crippen molar-refractivity contribution in [3.63, 3.8) is 0 Å². The van der Waals surface area contributed by atoms with E-state index in [0.717, 1.165) is 86.5 Å². The van der Waals surface area contributed by atoms with Crippen LogP contribution in [0.25, 0.3) is 0 Å². The number of carbonyl (C=O) groups is 2. The molecule has 3 N–H and O–H groups in total. The predicted octanol–water partition coefficient (Wildman–Crippen LogP) is 4.81. The zero-order chi connectivity index (χ0) is 34.7. The molecule has 0 radical (unpaired) electrons. The molecule has 0 unspecified atom stereocenters. The van der Waals surface area contributed by atoms with Gasteiger partial charge in [-0.05, 0) is 72.9 Å². The van der Waals surface area contributed by atoms with Gasteiger partial charge in [0, 0.05) is 39.0 Å². The van der Waals surface area contributed by atoms with E-state index < -0.39 is 30.4 Å². The van der Waals surface area contributed by atoms with E-state index in [1.165, 1.54) is 0 Å². The summed E-state index contributed by atoms with van der Waals surface area (Å²) >= 11 is 0. The summed E-state index contributed by atoms with van der Waals surface area (Å²) in [5, 5.41) is 25.6. The maximum absolute atomic E-state index is 14.1. The molecule has 6 rings (SSSR count).